The number of halogens is 1. The molecule has 2 aromatic heterocycles. The summed E-state index contributed by atoms with van der Waals surface area (Å²) in [5.41, 5.74) is 2.39. The van der Waals surface area contributed by atoms with Gasteiger partial charge in [-0.1, -0.05) is 0 Å². The largest absolute Gasteiger partial charge is 0.350 e. The summed E-state index contributed by atoms with van der Waals surface area (Å²) >= 11 is 2.89. The van der Waals surface area contributed by atoms with Crippen molar-refractivity contribution in [2.75, 3.05) is 13.1 Å². The standard InChI is InChI=1S/C14H17FN4OS2/c1-9-13(22-8-18-9)14(20)17-5-11-4-10(15)6-19(11)7-12-16-2-3-21-12/h2-3,8,10-11H,4-7H2,1H3,(H,17,20)/t10-,11-/m0/s1. The van der Waals surface area contributed by atoms with E-state index >= 15 is 0 Å². The smallest absolute Gasteiger partial charge is 0.263 e. The Kier molecular flexibility index (Phi) is 4.80. The van der Waals surface area contributed by atoms with E-state index in [0.29, 0.717) is 30.9 Å². The van der Waals surface area contributed by atoms with Gasteiger partial charge in [0, 0.05) is 30.7 Å². The molecule has 1 aliphatic rings. The summed E-state index contributed by atoms with van der Waals surface area (Å²) in [5.74, 6) is -0.128. The highest BCUT2D eigenvalue weighted by molar-refractivity contribution is 7.11. The van der Waals surface area contributed by atoms with Gasteiger partial charge in [0.2, 0.25) is 0 Å². The molecule has 1 aliphatic heterocycles. The number of hydrogen-bond donors (Lipinski definition) is 1. The Morgan fingerprint density at radius 3 is 3.05 bits per heavy atom. The Hall–Kier alpha value is -1.38. The molecule has 0 aromatic carbocycles. The highest BCUT2D eigenvalue weighted by atomic mass is 32.1. The van der Waals surface area contributed by atoms with E-state index in [4.69, 9.17) is 0 Å². The minimum atomic E-state index is -0.841. The number of nitrogens with zero attached hydrogens (tertiary/aromatic N) is 3. The molecule has 0 aliphatic carbocycles. The number of alkyl halides is 1. The molecule has 5 nitrogen and oxygen atoms in total. The van der Waals surface area contributed by atoms with Gasteiger partial charge in [0.15, 0.2) is 0 Å². The number of carbonyl (C=O) groups excluding carboxylic acids is 1. The van der Waals surface area contributed by atoms with Crippen LogP contribution in [0.5, 0.6) is 0 Å². The molecule has 3 rings (SSSR count). The van der Waals surface area contributed by atoms with Crippen LogP contribution >= 0.6 is 22.7 Å². The van der Waals surface area contributed by atoms with Gasteiger partial charge in [0.1, 0.15) is 16.1 Å². The topological polar surface area (TPSA) is 58.1 Å². The van der Waals surface area contributed by atoms with Gasteiger partial charge in [-0.15, -0.1) is 22.7 Å². The number of hydrogen-bond acceptors (Lipinski definition) is 6. The highest BCUT2D eigenvalue weighted by Gasteiger charge is 2.32. The van der Waals surface area contributed by atoms with E-state index in [1.165, 1.54) is 11.3 Å². The van der Waals surface area contributed by atoms with Crippen molar-refractivity contribution in [3.8, 4) is 0 Å². The zero-order valence-corrected chi connectivity index (χ0v) is 13.8. The lowest BCUT2D eigenvalue weighted by Crippen LogP contribution is -2.39. The second-order valence-corrected chi connectivity index (χ2v) is 7.15. The quantitative estimate of drug-likeness (QED) is 0.907. The summed E-state index contributed by atoms with van der Waals surface area (Å²) in [4.78, 5) is 23.1. The molecular formula is C14H17FN4OS2. The number of likely N-dealkylation sites (tertiary alicyclic amines) is 1. The lowest BCUT2D eigenvalue weighted by Gasteiger charge is -2.23. The maximum atomic E-state index is 13.7. The second-order valence-electron chi connectivity index (χ2n) is 5.32. The number of carbonyl (C=O) groups is 1. The van der Waals surface area contributed by atoms with Crippen molar-refractivity contribution >= 4 is 28.6 Å². The summed E-state index contributed by atoms with van der Waals surface area (Å²) < 4.78 is 13.7. The van der Waals surface area contributed by atoms with Crippen LogP contribution in [0.4, 0.5) is 4.39 Å². The third-order valence-electron chi connectivity index (χ3n) is 3.75. The van der Waals surface area contributed by atoms with Crippen molar-refractivity contribution in [3.05, 3.63) is 32.7 Å². The van der Waals surface area contributed by atoms with Crippen LogP contribution in [-0.2, 0) is 6.54 Å². The second kappa shape index (κ2) is 6.80. The molecule has 118 valence electrons. The molecule has 1 N–H and O–H groups in total. The summed E-state index contributed by atoms with van der Waals surface area (Å²) in [7, 11) is 0. The fraction of sp³-hybridized carbons (Fsp3) is 0.500. The summed E-state index contributed by atoms with van der Waals surface area (Å²) in [6, 6.07) is 0.0103. The van der Waals surface area contributed by atoms with Crippen LogP contribution in [0.15, 0.2) is 17.1 Å². The van der Waals surface area contributed by atoms with Gasteiger partial charge in [-0.3, -0.25) is 9.69 Å². The number of rotatable bonds is 5. The molecule has 2 atom stereocenters. The van der Waals surface area contributed by atoms with Crippen LogP contribution in [-0.4, -0.2) is 46.1 Å². The van der Waals surface area contributed by atoms with E-state index in [1.54, 1.807) is 23.0 Å². The molecular weight excluding hydrogens is 323 g/mol. The Balaban J connectivity index is 1.58. The van der Waals surface area contributed by atoms with Crippen molar-refractivity contribution in [2.24, 2.45) is 0 Å². The van der Waals surface area contributed by atoms with Crippen molar-refractivity contribution in [2.45, 2.75) is 32.1 Å². The van der Waals surface area contributed by atoms with Crippen LogP contribution in [0.2, 0.25) is 0 Å². The zero-order valence-electron chi connectivity index (χ0n) is 12.2. The zero-order chi connectivity index (χ0) is 15.5. The molecule has 0 unspecified atom stereocenters. The van der Waals surface area contributed by atoms with Gasteiger partial charge in [0.25, 0.3) is 5.91 Å². The lowest BCUT2D eigenvalue weighted by molar-refractivity contribution is 0.0943. The van der Waals surface area contributed by atoms with Gasteiger partial charge in [-0.2, -0.15) is 0 Å². The SMILES string of the molecule is Cc1ncsc1C(=O)NC[C@@H]1C[C@H](F)CN1Cc1nccs1. The van der Waals surface area contributed by atoms with Crippen LogP contribution < -0.4 is 5.32 Å². The Morgan fingerprint density at radius 2 is 2.36 bits per heavy atom. The van der Waals surface area contributed by atoms with Crippen molar-refractivity contribution in [1.29, 1.82) is 0 Å². The summed E-state index contributed by atoms with van der Waals surface area (Å²) in [5, 5.41) is 5.80. The molecule has 1 fully saturated rings. The Labute approximate surface area is 136 Å². The van der Waals surface area contributed by atoms with Gasteiger partial charge in [-0.05, 0) is 13.3 Å². The van der Waals surface area contributed by atoms with Crippen molar-refractivity contribution < 1.29 is 9.18 Å². The molecule has 1 saturated heterocycles. The number of nitrogens with one attached hydrogen (secondary N) is 1. The first-order valence-electron chi connectivity index (χ1n) is 7.08. The van der Waals surface area contributed by atoms with Crippen molar-refractivity contribution in [3.63, 3.8) is 0 Å². The number of aromatic nitrogens is 2. The minimum absolute atomic E-state index is 0.0103. The molecule has 8 heteroatoms. The first-order chi connectivity index (χ1) is 10.6. The minimum Gasteiger partial charge on any atom is -0.350 e. The average molecular weight is 340 g/mol. The Bertz CT molecular complexity index is 631. The molecule has 0 radical (unpaired) electrons. The fourth-order valence-electron chi connectivity index (χ4n) is 2.64. The third-order valence-corrected chi connectivity index (χ3v) is 5.44. The van der Waals surface area contributed by atoms with Gasteiger partial charge in [0.05, 0.1) is 17.7 Å². The van der Waals surface area contributed by atoms with Gasteiger partial charge in [-0.25, -0.2) is 14.4 Å². The Morgan fingerprint density at radius 1 is 1.50 bits per heavy atom. The maximum Gasteiger partial charge on any atom is 0.263 e. The van der Waals surface area contributed by atoms with Crippen LogP contribution in [0, 0.1) is 6.92 Å². The van der Waals surface area contributed by atoms with E-state index in [1.807, 2.05) is 12.3 Å². The molecule has 1 amide bonds. The maximum absolute atomic E-state index is 13.7. The van der Waals surface area contributed by atoms with Gasteiger partial charge < -0.3 is 5.32 Å². The monoisotopic (exact) mass is 340 g/mol. The van der Waals surface area contributed by atoms with E-state index in [9.17, 15) is 9.18 Å². The van der Waals surface area contributed by atoms with E-state index < -0.39 is 6.17 Å². The van der Waals surface area contributed by atoms with E-state index in [2.05, 4.69) is 20.2 Å². The number of thiazole rings is 2. The molecule has 3 heterocycles. The van der Waals surface area contributed by atoms with Gasteiger partial charge >= 0.3 is 0 Å². The number of aryl methyl sites for hydroxylation is 1. The number of amides is 1. The summed E-state index contributed by atoms with van der Waals surface area (Å²) in [6.07, 6.45) is 1.37. The average Bonchev–Trinajstić information content (AvgIpc) is 3.19. The van der Waals surface area contributed by atoms with Crippen LogP contribution in [0.3, 0.4) is 0 Å². The first-order valence-corrected chi connectivity index (χ1v) is 8.84. The fourth-order valence-corrected chi connectivity index (χ4v) is 4.00. The molecule has 2 aromatic rings. The predicted octanol–water partition coefficient (Wildman–Crippen LogP) is 2.25. The van der Waals surface area contributed by atoms with Crippen LogP contribution in [0.25, 0.3) is 0 Å². The predicted molar refractivity (Wildman–Crippen MR) is 85.0 cm³/mol. The third kappa shape index (κ3) is 3.50. The van der Waals surface area contributed by atoms with Crippen molar-refractivity contribution in [1.82, 2.24) is 20.2 Å². The first kappa shape index (κ1) is 15.5. The van der Waals surface area contributed by atoms with E-state index in [-0.39, 0.29) is 11.9 Å². The molecule has 0 saturated carbocycles. The normalized spacial score (nSPS) is 22.1. The lowest BCUT2D eigenvalue weighted by atomic mass is 10.2. The summed E-state index contributed by atoms with van der Waals surface area (Å²) in [6.45, 7) is 3.30. The highest BCUT2D eigenvalue weighted by Crippen LogP contribution is 2.23. The molecule has 0 bridgehead atoms. The molecule has 22 heavy (non-hydrogen) atoms. The van der Waals surface area contributed by atoms with E-state index in [0.717, 1.165) is 10.7 Å². The van der Waals surface area contributed by atoms with Crippen LogP contribution in [0.1, 0.15) is 26.8 Å². The molecule has 0 spiro atoms.